The molecule has 2 N–H and O–H groups in total. The average Bonchev–Trinajstić information content (AvgIpc) is 2.82. The van der Waals surface area contributed by atoms with Crippen molar-refractivity contribution in [1.29, 1.82) is 5.41 Å². The van der Waals surface area contributed by atoms with E-state index in [1.54, 1.807) is 51.2 Å². The van der Waals surface area contributed by atoms with Gasteiger partial charge in [0.2, 0.25) is 5.72 Å². The molecule has 0 saturated heterocycles. The number of alkyl carbamates (subject to hydrolysis) is 1. The molecule has 0 saturated carbocycles. The summed E-state index contributed by atoms with van der Waals surface area (Å²) in [4.78, 5) is 28.7. The number of hydrogen-bond acceptors (Lipinski definition) is 6. The monoisotopic (exact) mass is 459 g/mol. The third-order valence-corrected chi connectivity index (χ3v) is 5.20. The Kier molecular flexibility index (Phi) is 7.79. The van der Waals surface area contributed by atoms with Crippen LogP contribution in [0, 0.1) is 5.41 Å². The zero-order valence-corrected chi connectivity index (χ0v) is 19.5. The Bertz CT molecular complexity index is 1100. The molecule has 0 aliphatic rings. The van der Waals surface area contributed by atoms with Gasteiger partial charge in [-0.15, -0.1) is 0 Å². The number of benzene rings is 2. The standard InChI is InChI=1S/C27H29N3O4/c1-26(2,3)34-25(32)30-27(33-19-31,23-9-5-4-6-10-23)17-22(18-28)20-12-14-21(15-13-20)24-11-7-8-16-29-24/h4-16,18-19,22,28H,17H2,1-3H3,(H,30,32). The van der Waals surface area contributed by atoms with E-state index in [2.05, 4.69) is 10.3 Å². The molecule has 0 aliphatic heterocycles. The topological polar surface area (TPSA) is 101 Å². The van der Waals surface area contributed by atoms with E-state index >= 15 is 0 Å². The highest BCUT2D eigenvalue weighted by Gasteiger charge is 2.40. The van der Waals surface area contributed by atoms with E-state index in [0.29, 0.717) is 12.0 Å². The SMILES string of the molecule is CC(C)(C)OC(=O)NC(CC(C=N)c1ccc(-c2ccccn2)cc1)(OC=O)c1ccccc1. The van der Waals surface area contributed by atoms with Gasteiger partial charge >= 0.3 is 6.09 Å². The Morgan fingerprint density at radius 2 is 1.71 bits per heavy atom. The van der Waals surface area contributed by atoms with Gasteiger partial charge in [-0.2, -0.15) is 0 Å². The summed E-state index contributed by atoms with van der Waals surface area (Å²) in [5.41, 5.74) is 0.900. The first-order chi connectivity index (χ1) is 16.3. The first-order valence-electron chi connectivity index (χ1n) is 11.0. The van der Waals surface area contributed by atoms with E-state index < -0.39 is 23.3 Å². The van der Waals surface area contributed by atoms with Crippen LogP contribution in [0.1, 0.15) is 44.2 Å². The minimum absolute atomic E-state index is 0.0986. The number of nitrogens with one attached hydrogen (secondary N) is 2. The van der Waals surface area contributed by atoms with Crippen LogP contribution >= 0.6 is 0 Å². The van der Waals surface area contributed by atoms with E-state index in [4.69, 9.17) is 14.9 Å². The zero-order valence-electron chi connectivity index (χ0n) is 19.5. The van der Waals surface area contributed by atoms with E-state index in [9.17, 15) is 9.59 Å². The average molecular weight is 460 g/mol. The molecule has 0 bridgehead atoms. The summed E-state index contributed by atoms with van der Waals surface area (Å²) in [5.74, 6) is -0.465. The van der Waals surface area contributed by atoms with Crippen molar-refractivity contribution in [3.8, 4) is 11.3 Å². The van der Waals surface area contributed by atoms with Crippen LogP contribution in [-0.2, 0) is 20.0 Å². The van der Waals surface area contributed by atoms with Crippen molar-refractivity contribution in [3.63, 3.8) is 0 Å². The molecule has 0 spiro atoms. The maximum absolute atomic E-state index is 12.7. The Labute approximate surface area is 199 Å². The molecule has 0 fully saturated rings. The van der Waals surface area contributed by atoms with Crippen molar-refractivity contribution in [2.45, 2.75) is 44.4 Å². The molecule has 2 unspecified atom stereocenters. The second kappa shape index (κ2) is 10.7. The van der Waals surface area contributed by atoms with Crippen LogP contribution in [0.4, 0.5) is 4.79 Å². The molecule has 2 atom stereocenters. The lowest BCUT2D eigenvalue weighted by molar-refractivity contribution is -0.149. The van der Waals surface area contributed by atoms with Gasteiger partial charge in [0.1, 0.15) is 5.60 Å². The summed E-state index contributed by atoms with van der Waals surface area (Å²) < 4.78 is 11.0. The molecule has 176 valence electrons. The number of carbonyl (C=O) groups is 2. The first kappa shape index (κ1) is 24.6. The minimum Gasteiger partial charge on any atom is -0.444 e. The molecule has 1 heterocycles. The fourth-order valence-corrected chi connectivity index (χ4v) is 3.66. The van der Waals surface area contributed by atoms with Gasteiger partial charge in [0.25, 0.3) is 6.47 Å². The molecule has 7 nitrogen and oxygen atoms in total. The summed E-state index contributed by atoms with van der Waals surface area (Å²) >= 11 is 0. The molecule has 34 heavy (non-hydrogen) atoms. The van der Waals surface area contributed by atoms with Crippen molar-refractivity contribution < 1.29 is 19.1 Å². The van der Waals surface area contributed by atoms with Gasteiger partial charge in [0.05, 0.1) is 5.69 Å². The molecule has 0 radical (unpaired) electrons. The van der Waals surface area contributed by atoms with Crippen LogP contribution in [-0.4, -0.2) is 29.4 Å². The Hall–Kier alpha value is -4.00. The lowest BCUT2D eigenvalue weighted by atomic mass is 9.86. The van der Waals surface area contributed by atoms with E-state index in [0.717, 1.165) is 16.8 Å². The molecule has 3 aromatic rings. The maximum Gasteiger partial charge on any atom is 0.411 e. The van der Waals surface area contributed by atoms with E-state index in [-0.39, 0.29) is 6.42 Å². The number of hydrogen-bond donors (Lipinski definition) is 2. The second-order valence-electron chi connectivity index (χ2n) is 8.85. The molecule has 7 heteroatoms. The third-order valence-electron chi connectivity index (χ3n) is 5.20. The number of carbonyl (C=O) groups excluding carboxylic acids is 2. The van der Waals surface area contributed by atoms with Gasteiger partial charge in [0, 0.05) is 35.9 Å². The van der Waals surface area contributed by atoms with Crippen LogP contribution in [0.3, 0.4) is 0 Å². The summed E-state index contributed by atoms with van der Waals surface area (Å²) in [6.45, 7) is 5.55. The van der Waals surface area contributed by atoms with Crippen LogP contribution in [0.5, 0.6) is 0 Å². The van der Waals surface area contributed by atoms with E-state index in [1.165, 1.54) is 6.21 Å². The predicted molar refractivity (Wildman–Crippen MR) is 130 cm³/mol. The van der Waals surface area contributed by atoms with Crippen LogP contribution in [0.15, 0.2) is 79.0 Å². The summed E-state index contributed by atoms with van der Waals surface area (Å²) in [6, 6.07) is 22.3. The maximum atomic E-state index is 12.7. The summed E-state index contributed by atoms with van der Waals surface area (Å²) in [6.07, 6.45) is 2.38. The predicted octanol–water partition coefficient (Wildman–Crippen LogP) is 5.42. The van der Waals surface area contributed by atoms with Gasteiger partial charge in [-0.25, -0.2) is 4.79 Å². The molecule has 0 aliphatic carbocycles. The highest BCUT2D eigenvalue weighted by Crippen LogP contribution is 2.34. The minimum atomic E-state index is -1.53. The highest BCUT2D eigenvalue weighted by molar-refractivity contribution is 5.71. The fourth-order valence-electron chi connectivity index (χ4n) is 3.66. The van der Waals surface area contributed by atoms with Crippen molar-refractivity contribution in [2.75, 3.05) is 0 Å². The number of pyridine rings is 1. The molecule has 3 rings (SSSR count). The largest absolute Gasteiger partial charge is 0.444 e. The van der Waals surface area contributed by atoms with Gasteiger partial charge in [-0.05, 0) is 38.5 Å². The van der Waals surface area contributed by atoms with Crippen molar-refractivity contribution >= 4 is 18.8 Å². The molecular formula is C27H29N3O4. The molecular weight excluding hydrogens is 430 g/mol. The number of nitrogens with zero attached hydrogens (tertiary/aromatic N) is 1. The normalized spacial score (nSPS) is 13.7. The molecule has 1 aromatic heterocycles. The lowest BCUT2D eigenvalue weighted by Gasteiger charge is -2.36. The van der Waals surface area contributed by atoms with Gasteiger partial charge < -0.3 is 14.9 Å². The highest BCUT2D eigenvalue weighted by atomic mass is 16.6. The first-order valence-corrected chi connectivity index (χ1v) is 11.0. The zero-order chi connectivity index (χ0) is 24.6. The third kappa shape index (κ3) is 6.28. The summed E-state index contributed by atoms with van der Waals surface area (Å²) in [7, 11) is 0. The van der Waals surface area contributed by atoms with Gasteiger partial charge in [-0.3, -0.25) is 15.1 Å². The van der Waals surface area contributed by atoms with Crippen LogP contribution in [0.25, 0.3) is 11.3 Å². The van der Waals surface area contributed by atoms with Gasteiger partial charge in [-0.1, -0.05) is 60.7 Å². The van der Waals surface area contributed by atoms with Gasteiger partial charge in [0.15, 0.2) is 0 Å². The lowest BCUT2D eigenvalue weighted by Crippen LogP contribution is -2.50. The smallest absolute Gasteiger partial charge is 0.411 e. The van der Waals surface area contributed by atoms with E-state index in [1.807, 2.05) is 48.5 Å². The van der Waals surface area contributed by atoms with Crippen LogP contribution in [0.2, 0.25) is 0 Å². The number of amides is 1. The second-order valence-corrected chi connectivity index (χ2v) is 8.85. The number of ether oxygens (including phenoxy) is 2. The quantitative estimate of drug-likeness (QED) is 0.253. The van der Waals surface area contributed by atoms with Crippen LogP contribution < -0.4 is 5.32 Å². The van der Waals surface area contributed by atoms with Crippen molar-refractivity contribution in [1.82, 2.24) is 10.3 Å². The van der Waals surface area contributed by atoms with Crippen molar-refractivity contribution in [3.05, 3.63) is 90.1 Å². The fraction of sp³-hybridized carbons (Fsp3) is 0.259. The Morgan fingerprint density at radius 1 is 1.03 bits per heavy atom. The Balaban J connectivity index is 1.95. The summed E-state index contributed by atoms with van der Waals surface area (Å²) in [5, 5.41) is 10.8. The molecule has 1 amide bonds. The van der Waals surface area contributed by atoms with Crippen molar-refractivity contribution in [2.24, 2.45) is 0 Å². The molecule has 2 aromatic carbocycles. The number of aromatic nitrogens is 1. The number of rotatable bonds is 9. The Morgan fingerprint density at radius 3 is 2.26 bits per heavy atom.